The maximum atomic E-state index is 11.5. The number of carbonyl (C=O) groups is 4. The maximum absolute atomic E-state index is 11.5. The van der Waals surface area contributed by atoms with Crippen LogP contribution in [0.1, 0.15) is 20.7 Å². The molecule has 6 N–H and O–H groups in total. The quantitative estimate of drug-likeness (QED) is 0.361. The zero-order chi connectivity index (χ0) is 16.3. The molecule has 0 radical (unpaired) electrons. The van der Waals surface area contributed by atoms with E-state index in [1.807, 2.05) is 0 Å². The molecule has 0 bridgehead atoms. The molecule has 0 aromatic carbocycles. The Kier molecular flexibility index (Phi) is 3.84. The van der Waals surface area contributed by atoms with Gasteiger partial charge in [-0.3, -0.25) is 19.8 Å². The van der Waals surface area contributed by atoms with E-state index in [1.165, 1.54) is 0 Å². The van der Waals surface area contributed by atoms with Crippen LogP contribution in [0.5, 0.6) is 11.8 Å². The van der Waals surface area contributed by atoms with E-state index in [0.717, 1.165) is 12.4 Å². The number of nitrogens with two attached hydrogens (primary N) is 2. The molecule has 0 aliphatic rings. The van der Waals surface area contributed by atoms with Crippen molar-refractivity contribution in [2.45, 2.75) is 0 Å². The van der Waals surface area contributed by atoms with Crippen LogP contribution in [-0.2, 0) is 9.59 Å². The van der Waals surface area contributed by atoms with Crippen LogP contribution in [0.4, 0.5) is 0 Å². The molecular weight excluding hydrogens is 300 g/mol. The second-order valence-electron chi connectivity index (χ2n) is 3.72. The van der Waals surface area contributed by atoms with Crippen molar-refractivity contribution in [1.82, 2.24) is 20.4 Å². The van der Waals surface area contributed by atoms with Crippen molar-refractivity contribution < 1.29 is 28.7 Å². The number of nitrogens with zero attached hydrogens (tertiary/aromatic N) is 2. The van der Waals surface area contributed by atoms with Gasteiger partial charge in [0.2, 0.25) is 0 Å². The van der Waals surface area contributed by atoms with Crippen molar-refractivity contribution in [2.75, 3.05) is 0 Å². The fourth-order valence-corrected chi connectivity index (χ4v) is 1.32. The van der Waals surface area contributed by atoms with Gasteiger partial charge in [-0.2, -0.15) is 0 Å². The lowest BCUT2D eigenvalue weighted by Crippen LogP contribution is -2.27. The predicted octanol–water partition coefficient (Wildman–Crippen LogP) is -2.16. The molecule has 0 aliphatic heterocycles. The van der Waals surface area contributed by atoms with E-state index in [-0.39, 0.29) is 11.1 Å². The standard InChI is InChI=1S/C10H8N6O6/c11-5(17)3-1-13-15-7(3)21-9(19)10(20)22-8-4(6(12)18)2-14-16-8/h1-2H,(H2,11,17)(H2,12,18)(H,13,15)(H,14,16). The number of primary amides is 2. The molecule has 2 amide bonds. The van der Waals surface area contributed by atoms with E-state index in [0.29, 0.717) is 0 Å². The second kappa shape index (κ2) is 5.74. The van der Waals surface area contributed by atoms with E-state index < -0.39 is 35.5 Å². The summed E-state index contributed by atoms with van der Waals surface area (Å²) in [4.78, 5) is 45.1. The van der Waals surface area contributed by atoms with Crippen LogP contribution in [0, 0.1) is 0 Å². The summed E-state index contributed by atoms with van der Waals surface area (Å²) < 4.78 is 9.09. The van der Waals surface area contributed by atoms with Gasteiger partial charge in [0.1, 0.15) is 11.1 Å². The Morgan fingerprint density at radius 2 is 1.18 bits per heavy atom. The lowest BCUT2D eigenvalue weighted by atomic mass is 10.3. The smallest absolute Gasteiger partial charge is 0.396 e. The first kappa shape index (κ1) is 14.7. The minimum atomic E-state index is -1.51. The van der Waals surface area contributed by atoms with E-state index in [2.05, 4.69) is 29.9 Å². The Morgan fingerprint density at radius 3 is 1.50 bits per heavy atom. The third-order valence-electron chi connectivity index (χ3n) is 2.29. The Morgan fingerprint density at radius 1 is 0.818 bits per heavy atom. The molecule has 12 heteroatoms. The average molecular weight is 308 g/mol. The van der Waals surface area contributed by atoms with E-state index in [1.54, 1.807) is 0 Å². The van der Waals surface area contributed by atoms with Crippen molar-refractivity contribution in [1.29, 1.82) is 0 Å². The zero-order valence-electron chi connectivity index (χ0n) is 10.7. The summed E-state index contributed by atoms with van der Waals surface area (Å²) >= 11 is 0. The number of ether oxygens (including phenoxy) is 2. The number of carbonyl (C=O) groups excluding carboxylic acids is 4. The summed E-state index contributed by atoms with van der Waals surface area (Å²) in [5, 5.41) is 11.3. The first-order valence-corrected chi connectivity index (χ1v) is 5.51. The summed E-state index contributed by atoms with van der Waals surface area (Å²) in [7, 11) is 0. The minimum absolute atomic E-state index is 0.237. The molecule has 0 saturated carbocycles. The van der Waals surface area contributed by atoms with Crippen molar-refractivity contribution in [3.63, 3.8) is 0 Å². The molecule has 2 heterocycles. The van der Waals surface area contributed by atoms with Gasteiger partial charge < -0.3 is 20.9 Å². The number of rotatable bonds is 4. The molecule has 2 aromatic rings. The van der Waals surface area contributed by atoms with Crippen LogP contribution in [0.15, 0.2) is 12.4 Å². The number of aromatic nitrogens is 4. The van der Waals surface area contributed by atoms with Crippen molar-refractivity contribution >= 4 is 23.8 Å². The summed E-state index contributed by atoms with van der Waals surface area (Å²) in [6.45, 7) is 0. The number of aromatic amines is 2. The predicted molar refractivity (Wildman–Crippen MR) is 65.5 cm³/mol. The van der Waals surface area contributed by atoms with Gasteiger partial charge in [0.25, 0.3) is 23.6 Å². The molecule has 22 heavy (non-hydrogen) atoms. The molecule has 0 spiro atoms. The van der Waals surface area contributed by atoms with Gasteiger partial charge in [-0.05, 0) is 0 Å². The fraction of sp³-hybridized carbons (Fsp3) is 0. The highest BCUT2D eigenvalue weighted by atomic mass is 16.6. The molecule has 0 unspecified atom stereocenters. The van der Waals surface area contributed by atoms with Gasteiger partial charge in [-0.25, -0.2) is 9.59 Å². The highest BCUT2D eigenvalue weighted by molar-refractivity contribution is 6.31. The normalized spacial score (nSPS) is 10.0. The number of hydrogen-bond acceptors (Lipinski definition) is 8. The fourth-order valence-electron chi connectivity index (χ4n) is 1.32. The molecular formula is C10H8N6O6. The van der Waals surface area contributed by atoms with E-state index >= 15 is 0 Å². The van der Waals surface area contributed by atoms with Gasteiger partial charge in [-0.1, -0.05) is 0 Å². The lowest BCUT2D eigenvalue weighted by molar-refractivity contribution is -0.156. The Balaban J connectivity index is 2.08. The van der Waals surface area contributed by atoms with Crippen molar-refractivity contribution in [2.24, 2.45) is 11.5 Å². The monoisotopic (exact) mass is 308 g/mol. The molecule has 0 fully saturated rings. The molecule has 0 aliphatic carbocycles. The third kappa shape index (κ3) is 2.90. The molecule has 12 nitrogen and oxygen atoms in total. The lowest BCUT2D eigenvalue weighted by Gasteiger charge is -2.02. The topological polar surface area (TPSA) is 196 Å². The number of hydrogen-bond donors (Lipinski definition) is 4. The average Bonchev–Trinajstić information content (AvgIpc) is 3.07. The number of H-pyrrole nitrogens is 2. The highest BCUT2D eigenvalue weighted by Crippen LogP contribution is 2.15. The molecule has 0 atom stereocenters. The molecule has 2 rings (SSSR count). The summed E-state index contributed by atoms with van der Waals surface area (Å²) in [6.07, 6.45) is 2.16. The number of amides is 2. The molecule has 114 valence electrons. The first-order chi connectivity index (χ1) is 10.4. The third-order valence-corrected chi connectivity index (χ3v) is 2.29. The number of esters is 2. The second-order valence-corrected chi connectivity index (χ2v) is 3.72. The Hall–Kier alpha value is -3.70. The Labute approximate surface area is 120 Å². The van der Waals surface area contributed by atoms with Crippen LogP contribution >= 0.6 is 0 Å². The largest absolute Gasteiger partial charge is 0.424 e. The molecule has 2 aromatic heterocycles. The summed E-state index contributed by atoms with van der Waals surface area (Å²) in [6, 6.07) is 0. The van der Waals surface area contributed by atoms with Crippen molar-refractivity contribution in [3.8, 4) is 11.8 Å². The van der Waals surface area contributed by atoms with Crippen LogP contribution in [0.25, 0.3) is 0 Å². The van der Waals surface area contributed by atoms with Gasteiger partial charge in [0.15, 0.2) is 0 Å². The minimum Gasteiger partial charge on any atom is -0.396 e. The van der Waals surface area contributed by atoms with Gasteiger partial charge >= 0.3 is 11.9 Å². The highest BCUT2D eigenvalue weighted by Gasteiger charge is 2.26. The zero-order valence-corrected chi connectivity index (χ0v) is 10.7. The van der Waals surface area contributed by atoms with Gasteiger partial charge in [-0.15, -0.1) is 10.2 Å². The van der Waals surface area contributed by atoms with Gasteiger partial charge in [0.05, 0.1) is 0 Å². The first-order valence-electron chi connectivity index (χ1n) is 5.51. The van der Waals surface area contributed by atoms with Crippen LogP contribution in [-0.4, -0.2) is 44.1 Å². The van der Waals surface area contributed by atoms with Crippen LogP contribution < -0.4 is 20.9 Å². The molecule has 0 saturated heterocycles. The summed E-state index contributed by atoms with van der Waals surface area (Å²) in [5.41, 5.74) is 9.53. The van der Waals surface area contributed by atoms with Crippen LogP contribution in [0.2, 0.25) is 0 Å². The number of nitrogens with one attached hydrogen (secondary N) is 2. The van der Waals surface area contributed by atoms with Gasteiger partial charge in [0, 0.05) is 12.4 Å². The van der Waals surface area contributed by atoms with Crippen LogP contribution in [0.3, 0.4) is 0 Å². The summed E-state index contributed by atoms with van der Waals surface area (Å²) in [5.74, 6) is -5.85. The van der Waals surface area contributed by atoms with E-state index in [4.69, 9.17) is 11.5 Å². The van der Waals surface area contributed by atoms with E-state index in [9.17, 15) is 19.2 Å². The SMILES string of the molecule is NC(=O)c1c[nH]nc1OC(=O)C(=O)Oc1n[nH]cc1C(N)=O. The maximum Gasteiger partial charge on any atom is 0.424 e. The van der Waals surface area contributed by atoms with Crippen molar-refractivity contribution in [3.05, 3.63) is 23.5 Å². The Bertz CT molecular complexity index is 697.